The number of benzene rings is 2. The maximum atomic E-state index is 13.0. The highest BCUT2D eigenvalue weighted by Gasteiger charge is 2.44. The van der Waals surface area contributed by atoms with E-state index < -0.39 is 42.3 Å². The van der Waals surface area contributed by atoms with E-state index in [0.29, 0.717) is 5.69 Å². The number of nitrogens with two attached hydrogens (primary N) is 1. The van der Waals surface area contributed by atoms with Crippen LogP contribution in [0.4, 0.5) is 5.69 Å². The molecule has 162 valence electrons. The molecule has 11 nitrogen and oxygen atoms in total. The summed E-state index contributed by atoms with van der Waals surface area (Å²) >= 11 is 0. The molecule has 0 aliphatic carbocycles. The second kappa shape index (κ2) is 9.87. The van der Waals surface area contributed by atoms with Crippen molar-refractivity contribution in [2.45, 2.75) is 12.0 Å². The number of carbonyl (C=O) groups excluding carboxylic acids is 2. The van der Waals surface area contributed by atoms with Gasteiger partial charge in [-0.3, -0.25) is 24.6 Å². The zero-order valence-corrected chi connectivity index (χ0v) is 16.2. The van der Waals surface area contributed by atoms with Crippen molar-refractivity contribution in [1.29, 1.82) is 5.41 Å². The Labute approximate surface area is 176 Å². The molecule has 0 saturated carbocycles. The van der Waals surface area contributed by atoms with Crippen LogP contribution in [0.25, 0.3) is 0 Å². The summed E-state index contributed by atoms with van der Waals surface area (Å²) in [6, 6.07) is 13.5. The minimum Gasteiger partial charge on any atom is -0.481 e. The average molecular weight is 427 g/mol. The summed E-state index contributed by atoms with van der Waals surface area (Å²) in [5.74, 6) is -4.85. The maximum absolute atomic E-state index is 13.0. The van der Waals surface area contributed by atoms with E-state index in [4.69, 9.17) is 16.2 Å². The fourth-order valence-corrected chi connectivity index (χ4v) is 2.90. The van der Waals surface area contributed by atoms with Gasteiger partial charge in [-0.25, -0.2) is 0 Å². The number of hydrogen-bond donors (Lipinski definition) is 7. The van der Waals surface area contributed by atoms with Gasteiger partial charge in [-0.15, -0.1) is 0 Å². The molecule has 0 aromatic heterocycles. The van der Waals surface area contributed by atoms with Crippen LogP contribution in [0.2, 0.25) is 0 Å². The molecule has 2 rings (SSSR count). The van der Waals surface area contributed by atoms with Crippen LogP contribution < -0.4 is 21.7 Å². The Hall–Kier alpha value is -4.41. The Morgan fingerprint density at radius 3 is 2.23 bits per heavy atom. The van der Waals surface area contributed by atoms with Crippen molar-refractivity contribution in [2.24, 2.45) is 5.73 Å². The van der Waals surface area contributed by atoms with Gasteiger partial charge in [0.25, 0.3) is 11.8 Å². The molecule has 31 heavy (non-hydrogen) atoms. The van der Waals surface area contributed by atoms with E-state index in [-0.39, 0.29) is 17.1 Å². The Kier molecular flexibility index (Phi) is 7.28. The zero-order chi connectivity index (χ0) is 23.0. The first-order valence-electron chi connectivity index (χ1n) is 8.95. The third-order valence-electron chi connectivity index (χ3n) is 4.20. The van der Waals surface area contributed by atoms with Gasteiger partial charge in [0.1, 0.15) is 6.54 Å². The van der Waals surface area contributed by atoms with Crippen LogP contribution in [-0.4, -0.2) is 46.5 Å². The Bertz CT molecular complexity index is 1010. The van der Waals surface area contributed by atoms with Crippen molar-refractivity contribution < 1.29 is 29.4 Å². The normalized spacial score (nSPS) is 12.1. The highest BCUT2D eigenvalue weighted by molar-refractivity contribution is 6.02. The van der Waals surface area contributed by atoms with E-state index in [1.807, 2.05) is 0 Å². The Morgan fingerprint density at radius 1 is 0.968 bits per heavy atom. The van der Waals surface area contributed by atoms with E-state index in [1.165, 1.54) is 30.3 Å². The number of anilines is 1. The summed E-state index contributed by atoms with van der Waals surface area (Å²) in [5, 5.41) is 32.8. The number of carboxylic acid groups (broad SMARTS) is 2. The lowest BCUT2D eigenvalue weighted by atomic mass is 9.85. The van der Waals surface area contributed by atoms with Crippen LogP contribution in [0.1, 0.15) is 22.3 Å². The van der Waals surface area contributed by atoms with Gasteiger partial charge in [0.2, 0.25) is 0 Å². The van der Waals surface area contributed by atoms with Crippen molar-refractivity contribution >= 4 is 35.4 Å². The molecule has 1 unspecified atom stereocenters. The molecule has 0 saturated heterocycles. The molecular weight excluding hydrogens is 406 g/mol. The molecule has 1 atom stereocenters. The largest absolute Gasteiger partial charge is 0.481 e. The molecule has 0 fully saturated rings. The van der Waals surface area contributed by atoms with Crippen LogP contribution >= 0.6 is 0 Å². The molecule has 0 aliphatic rings. The highest BCUT2D eigenvalue weighted by atomic mass is 16.4. The minimum atomic E-state index is -2.08. The lowest BCUT2D eigenvalue weighted by molar-refractivity contribution is -0.143. The fraction of sp³-hybridized carbons (Fsp3) is 0.150. The summed E-state index contributed by atoms with van der Waals surface area (Å²) < 4.78 is 0. The topological polar surface area (TPSA) is 195 Å². The molecule has 0 heterocycles. The van der Waals surface area contributed by atoms with Crippen LogP contribution in [0.5, 0.6) is 0 Å². The van der Waals surface area contributed by atoms with Gasteiger partial charge in [-0.1, -0.05) is 36.4 Å². The van der Waals surface area contributed by atoms with Crippen LogP contribution in [0, 0.1) is 5.41 Å². The maximum Gasteiger partial charge on any atom is 0.322 e. The van der Waals surface area contributed by atoms with Gasteiger partial charge in [0.05, 0.1) is 6.42 Å². The molecule has 2 aromatic rings. The van der Waals surface area contributed by atoms with E-state index in [1.54, 1.807) is 24.3 Å². The standard InChI is InChI=1S/C20H21N5O6/c21-19(22)24-14-8-4-5-12(9-14)17(30)25-20(10-15(26)27,13-6-2-1-3-7-13)18(31)23-11-16(28)29/h1-9H,10-11H2,(H,23,31)(H,25,30)(H,26,27)(H,28,29)(H4,21,22,24). The summed E-state index contributed by atoms with van der Waals surface area (Å²) in [6.07, 6.45) is -0.834. The van der Waals surface area contributed by atoms with Gasteiger partial charge in [0.15, 0.2) is 11.5 Å². The predicted molar refractivity (Wildman–Crippen MR) is 110 cm³/mol. The van der Waals surface area contributed by atoms with Gasteiger partial charge in [-0.2, -0.15) is 0 Å². The van der Waals surface area contributed by atoms with E-state index in [2.05, 4.69) is 16.0 Å². The first kappa shape index (κ1) is 22.9. The average Bonchev–Trinajstić information content (AvgIpc) is 2.71. The van der Waals surface area contributed by atoms with Crippen LogP contribution in [0.3, 0.4) is 0 Å². The molecule has 8 N–H and O–H groups in total. The molecule has 0 bridgehead atoms. The van der Waals surface area contributed by atoms with E-state index in [9.17, 15) is 24.3 Å². The van der Waals surface area contributed by atoms with Gasteiger partial charge < -0.3 is 31.9 Å². The van der Waals surface area contributed by atoms with Crippen molar-refractivity contribution in [3.05, 3.63) is 65.7 Å². The summed E-state index contributed by atoms with van der Waals surface area (Å²) in [7, 11) is 0. The summed E-state index contributed by atoms with van der Waals surface area (Å²) in [4.78, 5) is 48.5. The highest BCUT2D eigenvalue weighted by Crippen LogP contribution is 2.27. The van der Waals surface area contributed by atoms with Crippen molar-refractivity contribution in [3.63, 3.8) is 0 Å². The number of hydrogen-bond acceptors (Lipinski definition) is 5. The first-order valence-corrected chi connectivity index (χ1v) is 8.95. The van der Waals surface area contributed by atoms with E-state index in [0.717, 1.165) is 0 Å². The Morgan fingerprint density at radius 2 is 1.65 bits per heavy atom. The molecule has 2 amide bonds. The smallest absolute Gasteiger partial charge is 0.322 e. The number of nitrogens with one attached hydrogen (secondary N) is 4. The number of guanidine groups is 1. The van der Waals surface area contributed by atoms with E-state index >= 15 is 0 Å². The van der Waals surface area contributed by atoms with Crippen molar-refractivity contribution in [3.8, 4) is 0 Å². The fourth-order valence-electron chi connectivity index (χ4n) is 2.90. The second-order valence-corrected chi connectivity index (χ2v) is 6.49. The molecule has 11 heteroatoms. The first-order chi connectivity index (χ1) is 14.6. The van der Waals surface area contributed by atoms with Crippen LogP contribution in [-0.2, 0) is 19.9 Å². The summed E-state index contributed by atoms with van der Waals surface area (Å²) in [5.41, 5.74) is 3.76. The van der Waals surface area contributed by atoms with Crippen LogP contribution in [0.15, 0.2) is 54.6 Å². The number of carbonyl (C=O) groups is 4. The quantitative estimate of drug-likeness (QED) is 0.219. The zero-order valence-electron chi connectivity index (χ0n) is 16.2. The number of carboxylic acids is 2. The van der Waals surface area contributed by atoms with Gasteiger partial charge in [-0.05, 0) is 23.8 Å². The van der Waals surface area contributed by atoms with Gasteiger partial charge in [0, 0.05) is 11.3 Å². The molecule has 0 radical (unpaired) electrons. The number of aliphatic carboxylic acids is 2. The third kappa shape index (κ3) is 6.03. The molecule has 2 aromatic carbocycles. The SMILES string of the molecule is N=C(N)Nc1cccc(C(=O)NC(CC(=O)O)(C(=O)NCC(=O)O)c2ccccc2)c1. The summed E-state index contributed by atoms with van der Waals surface area (Å²) in [6.45, 7) is -0.763. The lowest BCUT2D eigenvalue weighted by Crippen LogP contribution is -2.58. The van der Waals surface area contributed by atoms with Crippen molar-refractivity contribution in [1.82, 2.24) is 10.6 Å². The van der Waals surface area contributed by atoms with Crippen molar-refractivity contribution in [2.75, 3.05) is 11.9 Å². The predicted octanol–water partition coefficient (Wildman–Crippen LogP) is 0.293. The molecule has 0 aliphatic heterocycles. The molecule has 0 spiro atoms. The second-order valence-electron chi connectivity index (χ2n) is 6.49. The molecular formula is C20H21N5O6. The third-order valence-corrected chi connectivity index (χ3v) is 4.20. The monoisotopic (exact) mass is 427 g/mol. The number of rotatable bonds is 9. The minimum absolute atomic E-state index is 0.0583. The number of amides is 2. The lowest BCUT2D eigenvalue weighted by Gasteiger charge is -2.32. The van der Waals surface area contributed by atoms with Gasteiger partial charge >= 0.3 is 11.9 Å². The Balaban J connectivity index is 2.49.